The Morgan fingerprint density at radius 3 is 2.84 bits per heavy atom. The molecule has 2 rings (SSSR count). The second-order valence-electron chi connectivity index (χ2n) is 5.25. The van der Waals surface area contributed by atoms with E-state index in [1.165, 1.54) is 7.11 Å². The van der Waals surface area contributed by atoms with Gasteiger partial charge in [0, 0.05) is 18.1 Å². The van der Waals surface area contributed by atoms with E-state index in [2.05, 4.69) is 29.1 Å². The number of ether oxygens (including phenoxy) is 2. The predicted octanol–water partition coefficient (Wildman–Crippen LogP) is 2.75. The summed E-state index contributed by atoms with van der Waals surface area (Å²) in [5, 5.41) is 3.85. The largest absolute Gasteiger partial charge is 0.467 e. The fourth-order valence-corrected chi connectivity index (χ4v) is 2.48. The summed E-state index contributed by atoms with van der Waals surface area (Å²) in [5.41, 5.74) is 0.0531. The van der Waals surface area contributed by atoms with Crippen molar-refractivity contribution >= 4 is 17.4 Å². The predicted molar refractivity (Wildman–Crippen MR) is 74.8 cm³/mol. The minimum absolute atomic E-state index is 0.0531. The van der Waals surface area contributed by atoms with Crippen LogP contribution in [0.15, 0.2) is 6.20 Å². The summed E-state index contributed by atoms with van der Waals surface area (Å²) in [5.74, 6) is 0.613. The van der Waals surface area contributed by atoms with Crippen LogP contribution in [0.2, 0.25) is 5.02 Å². The standard InChI is InChI=1S/C13H20ClN3O2/c1-5-19-10-6-9(13(10,2)3)16-11-8(14)7-15-12(17-11)18-4/h7,9-10H,5-6H2,1-4H3,(H,15,16,17). The van der Waals surface area contributed by atoms with Crippen LogP contribution < -0.4 is 10.1 Å². The quantitative estimate of drug-likeness (QED) is 0.901. The second kappa shape index (κ2) is 5.51. The molecular formula is C13H20ClN3O2. The highest BCUT2D eigenvalue weighted by Gasteiger charge is 2.49. The Bertz CT molecular complexity index is 454. The maximum absolute atomic E-state index is 6.09. The third-order valence-electron chi connectivity index (χ3n) is 3.76. The van der Waals surface area contributed by atoms with Crippen molar-refractivity contribution in [3.8, 4) is 6.01 Å². The number of nitrogens with one attached hydrogen (secondary N) is 1. The van der Waals surface area contributed by atoms with E-state index in [0.29, 0.717) is 16.9 Å². The van der Waals surface area contributed by atoms with Crippen molar-refractivity contribution in [2.24, 2.45) is 5.41 Å². The van der Waals surface area contributed by atoms with Crippen LogP contribution >= 0.6 is 11.6 Å². The van der Waals surface area contributed by atoms with Gasteiger partial charge in [0.1, 0.15) is 5.02 Å². The highest BCUT2D eigenvalue weighted by atomic mass is 35.5. The van der Waals surface area contributed by atoms with E-state index in [1.54, 1.807) is 6.20 Å². The van der Waals surface area contributed by atoms with Crippen molar-refractivity contribution in [1.82, 2.24) is 9.97 Å². The molecule has 1 aromatic rings. The number of aromatic nitrogens is 2. The van der Waals surface area contributed by atoms with Gasteiger partial charge in [-0.1, -0.05) is 25.4 Å². The summed E-state index contributed by atoms with van der Waals surface area (Å²) in [6, 6.07) is 0.589. The highest BCUT2D eigenvalue weighted by molar-refractivity contribution is 6.32. The molecule has 2 atom stereocenters. The van der Waals surface area contributed by atoms with Gasteiger partial charge in [0.2, 0.25) is 0 Å². The fraction of sp³-hybridized carbons (Fsp3) is 0.692. The van der Waals surface area contributed by atoms with Gasteiger partial charge in [-0.25, -0.2) is 4.98 Å². The fourth-order valence-electron chi connectivity index (χ4n) is 2.33. The van der Waals surface area contributed by atoms with Crippen molar-refractivity contribution in [2.75, 3.05) is 19.0 Å². The van der Waals surface area contributed by atoms with Crippen LogP contribution in [0, 0.1) is 5.41 Å². The van der Waals surface area contributed by atoms with Crippen LogP contribution in [0.4, 0.5) is 5.82 Å². The highest BCUT2D eigenvalue weighted by Crippen LogP contribution is 2.44. The molecule has 0 aromatic carbocycles. The first-order chi connectivity index (χ1) is 8.98. The van der Waals surface area contributed by atoms with Gasteiger partial charge >= 0.3 is 6.01 Å². The third kappa shape index (κ3) is 2.77. The molecule has 106 valence electrons. The molecule has 0 aliphatic heterocycles. The molecule has 1 heterocycles. The topological polar surface area (TPSA) is 56.3 Å². The SMILES string of the molecule is CCOC1CC(Nc2nc(OC)ncc2Cl)C1(C)C. The monoisotopic (exact) mass is 285 g/mol. The lowest BCUT2D eigenvalue weighted by atomic mass is 9.64. The number of anilines is 1. The Morgan fingerprint density at radius 1 is 1.53 bits per heavy atom. The van der Waals surface area contributed by atoms with Crippen molar-refractivity contribution in [3.05, 3.63) is 11.2 Å². The number of halogens is 1. The number of nitrogens with zero attached hydrogens (tertiary/aromatic N) is 2. The molecule has 1 N–H and O–H groups in total. The smallest absolute Gasteiger partial charge is 0.318 e. The first kappa shape index (κ1) is 14.3. The lowest BCUT2D eigenvalue weighted by Crippen LogP contribution is -2.58. The zero-order valence-electron chi connectivity index (χ0n) is 11.7. The van der Waals surface area contributed by atoms with E-state index in [0.717, 1.165) is 13.0 Å². The zero-order valence-corrected chi connectivity index (χ0v) is 12.5. The Hall–Kier alpha value is -1.07. The van der Waals surface area contributed by atoms with Crippen LogP contribution in [0.5, 0.6) is 6.01 Å². The van der Waals surface area contributed by atoms with Crippen LogP contribution in [-0.2, 0) is 4.74 Å². The van der Waals surface area contributed by atoms with Gasteiger partial charge in [0.25, 0.3) is 0 Å². The van der Waals surface area contributed by atoms with E-state index < -0.39 is 0 Å². The summed E-state index contributed by atoms with van der Waals surface area (Å²) in [6.45, 7) is 7.12. The summed E-state index contributed by atoms with van der Waals surface area (Å²) < 4.78 is 10.7. The van der Waals surface area contributed by atoms with Crippen molar-refractivity contribution in [1.29, 1.82) is 0 Å². The number of hydrogen-bond donors (Lipinski definition) is 1. The molecule has 1 aliphatic carbocycles. The summed E-state index contributed by atoms with van der Waals surface area (Å²) >= 11 is 6.09. The summed E-state index contributed by atoms with van der Waals surface area (Å²) in [6.07, 6.45) is 2.77. The van der Waals surface area contributed by atoms with Gasteiger partial charge in [-0.05, 0) is 13.3 Å². The molecule has 1 saturated carbocycles. The molecular weight excluding hydrogens is 266 g/mol. The molecule has 1 aromatic heterocycles. The molecule has 0 amide bonds. The van der Waals surface area contributed by atoms with E-state index in [1.807, 2.05) is 6.92 Å². The first-order valence-electron chi connectivity index (χ1n) is 6.43. The molecule has 1 aliphatic rings. The van der Waals surface area contributed by atoms with Gasteiger partial charge in [0.15, 0.2) is 5.82 Å². The van der Waals surface area contributed by atoms with E-state index >= 15 is 0 Å². The maximum Gasteiger partial charge on any atom is 0.318 e. The molecule has 0 saturated heterocycles. The van der Waals surface area contributed by atoms with Crippen molar-refractivity contribution in [2.45, 2.75) is 39.3 Å². The van der Waals surface area contributed by atoms with Gasteiger partial charge < -0.3 is 14.8 Å². The molecule has 0 radical (unpaired) electrons. The minimum atomic E-state index is 0.0531. The van der Waals surface area contributed by atoms with Gasteiger partial charge in [0.05, 0.1) is 19.4 Å². The van der Waals surface area contributed by atoms with Crippen molar-refractivity contribution in [3.63, 3.8) is 0 Å². The number of hydrogen-bond acceptors (Lipinski definition) is 5. The molecule has 0 bridgehead atoms. The van der Waals surface area contributed by atoms with Crippen LogP contribution in [0.25, 0.3) is 0 Å². The Morgan fingerprint density at radius 2 is 2.26 bits per heavy atom. The van der Waals surface area contributed by atoms with Gasteiger partial charge in [-0.2, -0.15) is 4.98 Å². The summed E-state index contributed by atoms with van der Waals surface area (Å²) in [4.78, 5) is 8.19. The Balaban J connectivity index is 2.07. The second-order valence-corrected chi connectivity index (χ2v) is 5.66. The van der Waals surface area contributed by atoms with Gasteiger partial charge in [-0.15, -0.1) is 0 Å². The Labute approximate surface area is 118 Å². The first-order valence-corrected chi connectivity index (χ1v) is 6.81. The third-order valence-corrected chi connectivity index (χ3v) is 4.04. The average molecular weight is 286 g/mol. The molecule has 0 spiro atoms. The molecule has 19 heavy (non-hydrogen) atoms. The zero-order chi connectivity index (χ0) is 14.0. The van der Waals surface area contributed by atoms with Crippen molar-refractivity contribution < 1.29 is 9.47 Å². The average Bonchev–Trinajstić information content (AvgIpc) is 2.39. The normalized spacial score (nSPS) is 24.7. The minimum Gasteiger partial charge on any atom is -0.467 e. The molecule has 6 heteroatoms. The number of methoxy groups -OCH3 is 1. The van der Waals surface area contributed by atoms with Gasteiger partial charge in [-0.3, -0.25) is 0 Å². The lowest BCUT2D eigenvalue weighted by Gasteiger charge is -2.51. The Kier molecular flexibility index (Phi) is 4.16. The maximum atomic E-state index is 6.09. The molecule has 2 unspecified atom stereocenters. The van der Waals surface area contributed by atoms with E-state index in [-0.39, 0.29) is 17.6 Å². The van der Waals surface area contributed by atoms with Crippen LogP contribution in [0.1, 0.15) is 27.2 Å². The number of rotatable bonds is 5. The van der Waals surface area contributed by atoms with Crippen LogP contribution in [-0.4, -0.2) is 35.8 Å². The van der Waals surface area contributed by atoms with E-state index in [4.69, 9.17) is 21.1 Å². The molecule has 5 nitrogen and oxygen atoms in total. The molecule has 1 fully saturated rings. The van der Waals surface area contributed by atoms with Crippen LogP contribution in [0.3, 0.4) is 0 Å². The summed E-state index contributed by atoms with van der Waals surface area (Å²) in [7, 11) is 1.53. The lowest BCUT2D eigenvalue weighted by molar-refractivity contribution is -0.0976. The van der Waals surface area contributed by atoms with E-state index in [9.17, 15) is 0 Å².